The number of aromatic nitrogens is 2. The zero-order valence-corrected chi connectivity index (χ0v) is 14.7. The number of carbonyl (C=O) groups is 1. The van der Waals surface area contributed by atoms with Crippen LogP contribution in [0.1, 0.15) is 36.0 Å². The van der Waals surface area contributed by atoms with E-state index in [0.717, 1.165) is 19.3 Å². The highest BCUT2D eigenvalue weighted by molar-refractivity contribution is 7.89. The van der Waals surface area contributed by atoms with Gasteiger partial charge in [-0.15, -0.1) is 0 Å². The minimum atomic E-state index is -3.57. The zero-order chi connectivity index (χ0) is 17.7. The summed E-state index contributed by atoms with van der Waals surface area (Å²) in [5, 5.41) is 7.00. The van der Waals surface area contributed by atoms with Crippen molar-refractivity contribution in [1.82, 2.24) is 19.8 Å². The lowest BCUT2D eigenvalue weighted by Gasteiger charge is -2.26. The van der Waals surface area contributed by atoms with Gasteiger partial charge in [0.05, 0.1) is 4.90 Å². The molecule has 2 aromatic rings. The lowest BCUT2D eigenvalue weighted by atomic mass is 9.93. The molecule has 134 valence electrons. The fourth-order valence-corrected chi connectivity index (χ4v) is 3.64. The number of benzene rings is 1. The minimum absolute atomic E-state index is 0.152. The molecule has 7 nitrogen and oxygen atoms in total. The number of amides is 1. The Morgan fingerprint density at radius 1 is 1.24 bits per heavy atom. The first-order chi connectivity index (χ1) is 12.0. The molecule has 1 aliphatic rings. The summed E-state index contributed by atoms with van der Waals surface area (Å²) in [6.07, 6.45) is 7.34. The highest BCUT2D eigenvalue weighted by Gasteiger charge is 2.20. The van der Waals surface area contributed by atoms with Gasteiger partial charge < -0.3 is 5.32 Å². The van der Waals surface area contributed by atoms with E-state index in [0.29, 0.717) is 25.1 Å². The predicted molar refractivity (Wildman–Crippen MR) is 93.6 cm³/mol. The summed E-state index contributed by atoms with van der Waals surface area (Å²) in [6, 6.07) is 8.11. The van der Waals surface area contributed by atoms with E-state index >= 15 is 0 Å². The molecule has 0 saturated heterocycles. The Morgan fingerprint density at radius 3 is 2.60 bits per heavy atom. The van der Waals surface area contributed by atoms with Gasteiger partial charge in [0, 0.05) is 37.1 Å². The molecule has 0 spiro atoms. The summed E-state index contributed by atoms with van der Waals surface area (Å²) < 4.78 is 28.9. The van der Waals surface area contributed by atoms with E-state index in [2.05, 4.69) is 15.1 Å². The van der Waals surface area contributed by atoms with Crippen LogP contribution < -0.4 is 10.0 Å². The molecule has 0 radical (unpaired) electrons. The SMILES string of the molecule is O=C(NC1CCC1)c1ccc(S(=O)(=O)NCCCn2cccn2)cc1. The Morgan fingerprint density at radius 2 is 2.00 bits per heavy atom. The highest BCUT2D eigenvalue weighted by atomic mass is 32.2. The second kappa shape index (κ2) is 7.79. The normalized spacial score (nSPS) is 14.9. The molecule has 1 aromatic heterocycles. The molecule has 0 bridgehead atoms. The van der Waals surface area contributed by atoms with Crippen LogP contribution in [0.25, 0.3) is 0 Å². The van der Waals surface area contributed by atoms with E-state index in [1.165, 1.54) is 12.1 Å². The molecule has 1 saturated carbocycles. The summed E-state index contributed by atoms with van der Waals surface area (Å²) in [5.74, 6) is -0.152. The summed E-state index contributed by atoms with van der Waals surface area (Å²) in [6.45, 7) is 0.974. The third-order valence-corrected chi connectivity index (χ3v) is 5.76. The highest BCUT2D eigenvalue weighted by Crippen LogP contribution is 2.19. The van der Waals surface area contributed by atoms with Gasteiger partial charge in [-0.2, -0.15) is 5.10 Å². The van der Waals surface area contributed by atoms with Crippen molar-refractivity contribution in [3.63, 3.8) is 0 Å². The summed E-state index contributed by atoms with van der Waals surface area (Å²) in [5.41, 5.74) is 0.476. The molecule has 0 aliphatic heterocycles. The van der Waals surface area contributed by atoms with Crippen LogP contribution in [0.5, 0.6) is 0 Å². The van der Waals surface area contributed by atoms with Crippen molar-refractivity contribution in [3.8, 4) is 0 Å². The Kier molecular flexibility index (Phi) is 5.50. The van der Waals surface area contributed by atoms with Gasteiger partial charge in [0.15, 0.2) is 0 Å². The van der Waals surface area contributed by atoms with Crippen LogP contribution in [0.2, 0.25) is 0 Å². The molecule has 1 aromatic carbocycles. The third kappa shape index (κ3) is 4.67. The van der Waals surface area contributed by atoms with Crippen molar-refractivity contribution < 1.29 is 13.2 Å². The van der Waals surface area contributed by atoms with Gasteiger partial charge in [0.2, 0.25) is 10.0 Å². The molecule has 8 heteroatoms. The second-order valence-corrected chi connectivity index (χ2v) is 7.91. The molecule has 0 atom stereocenters. The average molecular weight is 362 g/mol. The van der Waals surface area contributed by atoms with Gasteiger partial charge >= 0.3 is 0 Å². The maximum absolute atomic E-state index is 12.3. The van der Waals surface area contributed by atoms with Crippen LogP contribution in [0.15, 0.2) is 47.6 Å². The zero-order valence-electron chi connectivity index (χ0n) is 13.9. The van der Waals surface area contributed by atoms with Crippen LogP contribution >= 0.6 is 0 Å². The van der Waals surface area contributed by atoms with Crippen LogP contribution in [0.4, 0.5) is 0 Å². The lowest BCUT2D eigenvalue weighted by Crippen LogP contribution is -2.39. The van der Waals surface area contributed by atoms with Crippen molar-refractivity contribution in [1.29, 1.82) is 0 Å². The third-order valence-electron chi connectivity index (χ3n) is 4.28. The van der Waals surface area contributed by atoms with Crippen molar-refractivity contribution in [2.24, 2.45) is 0 Å². The quantitative estimate of drug-likeness (QED) is 0.697. The van der Waals surface area contributed by atoms with Crippen LogP contribution in [0.3, 0.4) is 0 Å². The number of aryl methyl sites for hydroxylation is 1. The number of nitrogens with zero attached hydrogens (tertiary/aromatic N) is 2. The van der Waals surface area contributed by atoms with Crippen LogP contribution in [0, 0.1) is 0 Å². The topological polar surface area (TPSA) is 93.1 Å². The van der Waals surface area contributed by atoms with Gasteiger partial charge in [-0.05, 0) is 56.0 Å². The Bertz CT molecular complexity index is 797. The first kappa shape index (κ1) is 17.6. The number of carbonyl (C=O) groups excluding carboxylic acids is 1. The molecular weight excluding hydrogens is 340 g/mol. The fourth-order valence-electron chi connectivity index (χ4n) is 2.57. The van der Waals surface area contributed by atoms with Gasteiger partial charge in [-0.1, -0.05) is 0 Å². The molecule has 0 unspecified atom stereocenters. The Labute approximate surface area is 147 Å². The molecule has 2 N–H and O–H groups in total. The maximum Gasteiger partial charge on any atom is 0.251 e. The average Bonchev–Trinajstić information content (AvgIpc) is 3.08. The van der Waals surface area contributed by atoms with E-state index in [-0.39, 0.29) is 16.8 Å². The van der Waals surface area contributed by atoms with Gasteiger partial charge in [-0.25, -0.2) is 13.1 Å². The number of sulfonamides is 1. The van der Waals surface area contributed by atoms with Crippen molar-refractivity contribution in [2.75, 3.05) is 6.54 Å². The monoisotopic (exact) mass is 362 g/mol. The molecular formula is C17H22N4O3S. The van der Waals surface area contributed by atoms with Crippen LogP contribution in [-0.4, -0.2) is 36.7 Å². The van der Waals surface area contributed by atoms with Gasteiger partial charge in [0.1, 0.15) is 0 Å². The predicted octanol–water partition coefficient (Wildman–Crippen LogP) is 1.53. The summed E-state index contributed by atoms with van der Waals surface area (Å²) >= 11 is 0. The molecule has 1 heterocycles. The largest absolute Gasteiger partial charge is 0.349 e. The first-order valence-electron chi connectivity index (χ1n) is 8.43. The second-order valence-electron chi connectivity index (χ2n) is 6.15. The van der Waals surface area contributed by atoms with Crippen molar-refractivity contribution in [2.45, 2.75) is 43.2 Å². The van der Waals surface area contributed by atoms with Crippen molar-refractivity contribution in [3.05, 3.63) is 48.3 Å². The Balaban J connectivity index is 1.51. The standard InChI is InChI=1S/C17H22N4O3S/c22-17(20-15-4-1-5-15)14-6-8-16(9-7-14)25(23,24)19-11-3-13-21-12-2-10-18-21/h2,6-10,12,15,19H,1,3-5,11,13H2,(H,20,22). The van der Waals surface area contributed by atoms with Gasteiger partial charge in [-0.3, -0.25) is 9.48 Å². The van der Waals surface area contributed by atoms with E-state index < -0.39 is 10.0 Å². The number of rotatable bonds is 8. The van der Waals surface area contributed by atoms with E-state index in [1.54, 1.807) is 23.0 Å². The van der Waals surface area contributed by atoms with Gasteiger partial charge in [0.25, 0.3) is 5.91 Å². The number of nitrogens with one attached hydrogen (secondary N) is 2. The Hall–Kier alpha value is -2.19. The van der Waals surface area contributed by atoms with E-state index in [4.69, 9.17) is 0 Å². The van der Waals surface area contributed by atoms with E-state index in [1.807, 2.05) is 12.3 Å². The minimum Gasteiger partial charge on any atom is -0.349 e. The maximum atomic E-state index is 12.3. The molecule has 1 fully saturated rings. The molecule has 25 heavy (non-hydrogen) atoms. The molecule has 1 aliphatic carbocycles. The number of hydrogen-bond acceptors (Lipinski definition) is 4. The van der Waals surface area contributed by atoms with E-state index in [9.17, 15) is 13.2 Å². The molecule has 3 rings (SSSR count). The fraction of sp³-hybridized carbons (Fsp3) is 0.412. The summed E-state index contributed by atoms with van der Waals surface area (Å²) in [7, 11) is -3.57. The van der Waals surface area contributed by atoms with Crippen LogP contribution in [-0.2, 0) is 16.6 Å². The smallest absolute Gasteiger partial charge is 0.251 e. The molecule has 1 amide bonds. The lowest BCUT2D eigenvalue weighted by molar-refractivity contribution is 0.0917. The number of hydrogen-bond donors (Lipinski definition) is 2. The first-order valence-corrected chi connectivity index (χ1v) is 9.91. The van der Waals surface area contributed by atoms with Crippen molar-refractivity contribution >= 4 is 15.9 Å². The summed E-state index contributed by atoms with van der Waals surface area (Å²) in [4.78, 5) is 12.2.